The van der Waals surface area contributed by atoms with E-state index >= 15 is 0 Å². The van der Waals surface area contributed by atoms with Crippen LogP contribution in [0.5, 0.6) is 0 Å². The fraction of sp³-hybridized carbons (Fsp3) is 0.182. The first-order valence-electron chi connectivity index (χ1n) is 5.58. The van der Waals surface area contributed by atoms with Gasteiger partial charge in [0.15, 0.2) is 5.03 Å². The number of nitrogens with one attached hydrogen (secondary N) is 2. The molecule has 0 atom stereocenters. The van der Waals surface area contributed by atoms with Gasteiger partial charge in [-0.1, -0.05) is 6.07 Å². The molecule has 0 fully saturated rings. The predicted molar refractivity (Wildman–Crippen MR) is 68.5 cm³/mol. The molecule has 0 amide bonds. The second-order valence-corrected chi connectivity index (χ2v) is 5.71. The van der Waals surface area contributed by atoms with E-state index in [0.29, 0.717) is 5.69 Å². The number of aromatic amines is 1. The normalized spacial score (nSPS) is 11.4. The van der Waals surface area contributed by atoms with Gasteiger partial charge in [0.25, 0.3) is 10.0 Å². The lowest BCUT2D eigenvalue weighted by molar-refractivity contribution is 0.0692. The zero-order valence-corrected chi connectivity index (χ0v) is 11.3. The van der Waals surface area contributed by atoms with E-state index in [1.54, 1.807) is 25.3 Å². The average molecular weight is 296 g/mol. The molecule has 2 heterocycles. The van der Waals surface area contributed by atoms with Gasteiger partial charge in [-0.15, -0.1) is 0 Å². The summed E-state index contributed by atoms with van der Waals surface area (Å²) < 4.78 is 26.3. The number of aromatic carboxylic acids is 1. The van der Waals surface area contributed by atoms with Crippen molar-refractivity contribution in [2.24, 2.45) is 0 Å². The maximum absolute atomic E-state index is 12.0. The van der Waals surface area contributed by atoms with E-state index in [4.69, 9.17) is 5.11 Å². The summed E-state index contributed by atoms with van der Waals surface area (Å²) in [6.07, 6.45) is 2.50. The van der Waals surface area contributed by atoms with Crippen LogP contribution in [0.25, 0.3) is 0 Å². The van der Waals surface area contributed by atoms with Gasteiger partial charge in [0.05, 0.1) is 18.4 Å². The van der Waals surface area contributed by atoms with Gasteiger partial charge in [-0.3, -0.25) is 10.1 Å². The van der Waals surface area contributed by atoms with E-state index in [0.717, 1.165) is 11.8 Å². The number of hydrogen-bond acceptors (Lipinski definition) is 5. The zero-order chi connectivity index (χ0) is 14.8. The van der Waals surface area contributed by atoms with Crippen LogP contribution in [0.1, 0.15) is 21.6 Å². The van der Waals surface area contributed by atoms with E-state index in [9.17, 15) is 13.2 Å². The lowest BCUT2D eigenvalue weighted by atomic mass is 10.2. The number of carbonyl (C=O) groups is 1. The minimum absolute atomic E-state index is 0.0346. The highest BCUT2D eigenvalue weighted by molar-refractivity contribution is 7.89. The van der Waals surface area contributed by atoms with Gasteiger partial charge in [0.1, 0.15) is 5.56 Å². The Morgan fingerprint density at radius 2 is 2.25 bits per heavy atom. The van der Waals surface area contributed by atoms with Crippen molar-refractivity contribution in [2.45, 2.75) is 18.5 Å². The van der Waals surface area contributed by atoms with Crippen molar-refractivity contribution in [1.29, 1.82) is 0 Å². The summed E-state index contributed by atoms with van der Waals surface area (Å²) in [5.41, 5.74) is 0.987. The summed E-state index contributed by atoms with van der Waals surface area (Å²) >= 11 is 0. The number of nitrogens with zero attached hydrogens (tertiary/aromatic N) is 2. The summed E-state index contributed by atoms with van der Waals surface area (Å²) in [6.45, 7) is 1.77. The van der Waals surface area contributed by atoms with Gasteiger partial charge < -0.3 is 5.11 Å². The smallest absolute Gasteiger partial charge is 0.340 e. The number of hydrogen-bond donors (Lipinski definition) is 3. The van der Waals surface area contributed by atoms with E-state index in [2.05, 4.69) is 19.9 Å². The molecule has 2 rings (SSSR count). The first-order valence-corrected chi connectivity index (χ1v) is 7.07. The Morgan fingerprint density at radius 1 is 1.50 bits per heavy atom. The third kappa shape index (κ3) is 2.83. The van der Waals surface area contributed by atoms with Crippen LogP contribution in [-0.2, 0) is 16.6 Å². The number of pyridine rings is 1. The molecule has 3 N–H and O–H groups in total. The summed E-state index contributed by atoms with van der Waals surface area (Å²) in [7, 11) is -4.00. The maximum Gasteiger partial charge on any atom is 0.340 e. The molecule has 0 unspecified atom stereocenters. The Hall–Kier alpha value is -2.26. The summed E-state index contributed by atoms with van der Waals surface area (Å²) in [4.78, 5) is 14.9. The van der Waals surface area contributed by atoms with Crippen LogP contribution >= 0.6 is 0 Å². The molecule has 9 heteroatoms. The minimum atomic E-state index is -4.00. The summed E-state index contributed by atoms with van der Waals surface area (Å²) in [6, 6.07) is 3.54. The molecule has 20 heavy (non-hydrogen) atoms. The number of carboxylic acids is 1. The van der Waals surface area contributed by atoms with Crippen molar-refractivity contribution in [3.05, 3.63) is 41.3 Å². The highest BCUT2D eigenvalue weighted by atomic mass is 32.2. The number of H-pyrrole nitrogens is 1. The standard InChI is InChI=1S/C11H12N4O4S/c1-7-3-2-4-12-9(7)6-14-20(18,19)10-8(11(16)17)5-13-15-10/h2-5,14H,6H2,1H3,(H,13,15)(H,16,17). The number of aryl methyl sites for hydroxylation is 1. The second-order valence-electron chi connectivity index (χ2n) is 4.01. The molecule has 106 valence electrons. The maximum atomic E-state index is 12.0. The van der Waals surface area contributed by atoms with Gasteiger partial charge in [-0.2, -0.15) is 5.10 Å². The Balaban J connectivity index is 2.22. The van der Waals surface area contributed by atoms with Crippen molar-refractivity contribution in [3.8, 4) is 0 Å². The van der Waals surface area contributed by atoms with E-state index in [1.165, 1.54) is 0 Å². The van der Waals surface area contributed by atoms with Crippen molar-refractivity contribution in [2.75, 3.05) is 0 Å². The second kappa shape index (κ2) is 5.39. The third-order valence-corrected chi connectivity index (χ3v) is 4.02. The molecule has 0 aliphatic carbocycles. The fourth-order valence-corrected chi connectivity index (χ4v) is 2.64. The number of aromatic nitrogens is 3. The van der Waals surface area contributed by atoms with E-state index in [-0.39, 0.29) is 6.54 Å². The van der Waals surface area contributed by atoms with E-state index in [1.807, 2.05) is 0 Å². The minimum Gasteiger partial charge on any atom is -0.478 e. The molecule has 0 spiro atoms. The molecular weight excluding hydrogens is 284 g/mol. The van der Waals surface area contributed by atoms with Crippen LogP contribution in [0.3, 0.4) is 0 Å². The Labute approximate surface area is 114 Å². The lowest BCUT2D eigenvalue weighted by Gasteiger charge is -2.07. The molecule has 0 bridgehead atoms. The molecule has 2 aromatic rings. The molecule has 0 saturated heterocycles. The Bertz CT molecular complexity index is 738. The van der Waals surface area contributed by atoms with Crippen molar-refractivity contribution in [3.63, 3.8) is 0 Å². The highest BCUT2D eigenvalue weighted by Gasteiger charge is 2.24. The van der Waals surface area contributed by atoms with Crippen LogP contribution < -0.4 is 4.72 Å². The molecule has 0 radical (unpaired) electrons. The molecule has 0 aromatic carbocycles. The first kappa shape index (κ1) is 14.2. The summed E-state index contributed by atoms with van der Waals surface area (Å²) in [5, 5.41) is 14.0. The predicted octanol–water partition coefficient (Wildman–Crippen LogP) is 0.290. The van der Waals surface area contributed by atoms with Gasteiger partial charge in [0.2, 0.25) is 0 Å². The molecular formula is C11H12N4O4S. The first-order chi connectivity index (χ1) is 9.42. The fourth-order valence-electron chi connectivity index (χ4n) is 1.57. The van der Waals surface area contributed by atoms with Crippen LogP contribution in [0.4, 0.5) is 0 Å². The van der Waals surface area contributed by atoms with Crippen LogP contribution in [0.2, 0.25) is 0 Å². The molecule has 0 saturated carbocycles. The quantitative estimate of drug-likeness (QED) is 0.728. The van der Waals surface area contributed by atoms with Crippen LogP contribution in [-0.4, -0.2) is 34.7 Å². The largest absolute Gasteiger partial charge is 0.478 e. The monoisotopic (exact) mass is 296 g/mol. The van der Waals surface area contributed by atoms with Crippen LogP contribution in [0.15, 0.2) is 29.6 Å². The Kier molecular flexibility index (Phi) is 3.81. The van der Waals surface area contributed by atoms with E-state index < -0.39 is 26.6 Å². The van der Waals surface area contributed by atoms with Gasteiger partial charge in [0, 0.05) is 6.20 Å². The molecule has 0 aliphatic heterocycles. The van der Waals surface area contributed by atoms with Crippen molar-refractivity contribution < 1.29 is 18.3 Å². The van der Waals surface area contributed by atoms with Gasteiger partial charge in [-0.05, 0) is 18.6 Å². The van der Waals surface area contributed by atoms with Crippen LogP contribution in [0, 0.1) is 6.92 Å². The van der Waals surface area contributed by atoms with Gasteiger partial charge >= 0.3 is 5.97 Å². The van der Waals surface area contributed by atoms with Gasteiger partial charge in [-0.25, -0.2) is 17.9 Å². The summed E-state index contributed by atoms with van der Waals surface area (Å²) in [5.74, 6) is -1.37. The number of carboxylic acid groups (broad SMARTS) is 1. The third-order valence-electron chi connectivity index (χ3n) is 2.65. The molecule has 0 aliphatic rings. The Morgan fingerprint density at radius 3 is 2.90 bits per heavy atom. The van der Waals surface area contributed by atoms with Crippen molar-refractivity contribution in [1.82, 2.24) is 19.9 Å². The lowest BCUT2D eigenvalue weighted by Crippen LogP contribution is -2.26. The number of rotatable bonds is 5. The number of sulfonamides is 1. The zero-order valence-electron chi connectivity index (χ0n) is 10.5. The highest BCUT2D eigenvalue weighted by Crippen LogP contribution is 2.12. The molecule has 2 aromatic heterocycles. The van der Waals surface area contributed by atoms with Crippen molar-refractivity contribution >= 4 is 16.0 Å². The average Bonchev–Trinajstić information content (AvgIpc) is 2.88. The SMILES string of the molecule is Cc1cccnc1CNS(=O)(=O)c1[nH]ncc1C(=O)O. The topological polar surface area (TPSA) is 125 Å². The molecule has 8 nitrogen and oxygen atoms in total.